The highest BCUT2D eigenvalue weighted by atomic mass is 32.1. The van der Waals surface area contributed by atoms with E-state index >= 15 is 8.78 Å². The maximum absolute atomic E-state index is 15.1. The first-order valence-electron chi connectivity index (χ1n) is 11.4. The number of halogens is 4. The number of ketones is 1. The molecule has 3 heterocycles. The van der Waals surface area contributed by atoms with E-state index in [0.29, 0.717) is 0 Å². The van der Waals surface area contributed by atoms with Crippen LogP contribution in [0.3, 0.4) is 0 Å². The molecule has 37 heavy (non-hydrogen) atoms. The summed E-state index contributed by atoms with van der Waals surface area (Å²) < 4.78 is 60.0. The third-order valence-corrected chi connectivity index (χ3v) is 6.64. The van der Waals surface area contributed by atoms with E-state index in [-0.39, 0.29) is 57.1 Å². The zero-order chi connectivity index (χ0) is 26.5. The maximum atomic E-state index is 15.1. The van der Waals surface area contributed by atoms with Crippen molar-refractivity contribution in [3.05, 3.63) is 40.4 Å². The fourth-order valence-electron chi connectivity index (χ4n) is 4.02. The second-order valence-corrected chi connectivity index (χ2v) is 9.29. The Morgan fingerprint density at radius 1 is 1.22 bits per heavy atom. The van der Waals surface area contributed by atoms with Gasteiger partial charge in [-0.1, -0.05) is 0 Å². The van der Waals surface area contributed by atoms with Crippen molar-refractivity contribution < 1.29 is 36.7 Å². The fourth-order valence-corrected chi connectivity index (χ4v) is 4.58. The van der Waals surface area contributed by atoms with E-state index in [9.17, 15) is 23.2 Å². The van der Waals surface area contributed by atoms with Gasteiger partial charge in [-0.05, 0) is 6.42 Å². The summed E-state index contributed by atoms with van der Waals surface area (Å²) >= 11 is 1.40. The lowest BCUT2D eigenvalue weighted by Crippen LogP contribution is -2.48. The van der Waals surface area contributed by atoms with Crippen LogP contribution < -0.4 is 20.5 Å². The van der Waals surface area contributed by atoms with E-state index in [1.165, 1.54) is 21.2 Å². The average molecular weight is 545 g/mol. The summed E-state index contributed by atoms with van der Waals surface area (Å²) in [4.78, 5) is 42.3. The molecular weight excluding hydrogens is 520 g/mol. The van der Waals surface area contributed by atoms with Gasteiger partial charge in [0.15, 0.2) is 17.4 Å². The van der Waals surface area contributed by atoms with Crippen molar-refractivity contribution in [3.8, 4) is 0 Å². The third kappa shape index (κ3) is 6.46. The van der Waals surface area contributed by atoms with Gasteiger partial charge in [0.2, 0.25) is 0 Å². The molecular formula is C22H24F4N6O4S. The second kappa shape index (κ2) is 11.7. The van der Waals surface area contributed by atoms with Crippen LogP contribution in [0.1, 0.15) is 17.8 Å². The molecule has 3 amide bonds. The number of carbonyl (C=O) groups is 3. The Morgan fingerprint density at radius 2 is 1.97 bits per heavy atom. The van der Waals surface area contributed by atoms with Gasteiger partial charge in [-0.2, -0.15) is 0 Å². The number of rotatable bonds is 8. The molecule has 2 saturated heterocycles. The van der Waals surface area contributed by atoms with Crippen molar-refractivity contribution in [1.82, 2.24) is 20.7 Å². The lowest BCUT2D eigenvalue weighted by atomic mass is 10.1. The first kappa shape index (κ1) is 26.6. The van der Waals surface area contributed by atoms with E-state index < -0.39 is 48.5 Å². The summed E-state index contributed by atoms with van der Waals surface area (Å²) in [5, 5.41) is 6.59. The Morgan fingerprint density at radius 3 is 2.65 bits per heavy atom. The fraction of sp³-hybridized carbons (Fsp3) is 0.455. The number of thiazole rings is 1. The summed E-state index contributed by atoms with van der Waals surface area (Å²) in [5.41, 5.74) is 2.52. The Balaban J connectivity index is 1.37. The topological polar surface area (TPSA) is 107 Å². The first-order chi connectivity index (χ1) is 17.7. The zero-order valence-electron chi connectivity index (χ0n) is 19.5. The molecule has 0 radical (unpaired) electrons. The third-order valence-electron chi connectivity index (χ3n) is 5.86. The lowest BCUT2D eigenvalue weighted by molar-refractivity contribution is -0.129. The molecule has 1 aromatic heterocycles. The molecule has 1 aromatic carbocycles. The molecule has 4 rings (SSSR count). The predicted molar refractivity (Wildman–Crippen MR) is 125 cm³/mol. The van der Waals surface area contributed by atoms with E-state index in [1.807, 2.05) is 0 Å². The Bertz CT molecular complexity index is 1120. The first-order valence-corrected chi connectivity index (χ1v) is 12.3. The minimum Gasteiger partial charge on any atom is -0.444 e. The molecule has 1 atom stereocenters. The number of nitrogens with zero attached hydrogens (tertiary/aromatic N) is 4. The van der Waals surface area contributed by atoms with Crippen molar-refractivity contribution in [2.75, 3.05) is 42.5 Å². The summed E-state index contributed by atoms with van der Waals surface area (Å²) in [6.07, 6.45) is -3.82. The van der Waals surface area contributed by atoms with Crippen LogP contribution in [0.4, 0.5) is 38.5 Å². The highest BCUT2D eigenvalue weighted by Gasteiger charge is 2.34. The number of hydrazine groups is 1. The number of hydrogen-bond acceptors (Lipinski definition) is 8. The number of nitrogens with one attached hydrogen (secondary N) is 2. The van der Waals surface area contributed by atoms with Gasteiger partial charge in [0.25, 0.3) is 6.43 Å². The largest absolute Gasteiger partial charge is 0.444 e. The van der Waals surface area contributed by atoms with Crippen LogP contribution in [0.2, 0.25) is 0 Å². The number of hydrogen-bond donors (Lipinski definition) is 2. The number of aromatic nitrogens is 1. The molecule has 2 aliphatic rings. The number of anilines is 2. The van der Waals surface area contributed by atoms with Gasteiger partial charge in [-0.25, -0.2) is 37.6 Å². The number of urea groups is 1. The molecule has 2 N–H and O–H groups in total. The summed E-state index contributed by atoms with van der Waals surface area (Å²) in [5.74, 6) is -3.10. The van der Waals surface area contributed by atoms with Gasteiger partial charge in [-0.15, -0.1) is 11.3 Å². The lowest BCUT2D eigenvalue weighted by Gasteiger charge is -2.25. The van der Waals surface area contributed by atoms with Gasteiger partial charge >= 0.3 is 12.1 Å². The van der Waals surface area contributed by atoms with Crippen molar-refractivity contribution in [3.63, 3.8) is 0 Å². The molecule has 200 valence electrons. The Kier molecular flexibility index (Phi) is 8.43. The molecule has 0 aliphatic carbocycles. The van der Waals surface area contributed by atoms with Crippen LogP contribution in [-0.4, -0.2) is 73.2 Å². The van der Waals surface area contributed by atoms with Crippen LogP contribution in [0.5, 0.6) is 0 Å². The number of benzene rings is 1. The van der Waals surface area contributed by atoms with Gasteiger partial charge in [0, 0.05) is 49.8 Å². The second-order valence-electron chi connectivity index (χ2n) is 8.31. The number of ether oxygens (including phenoxy) is 1. The van der Waals surface area contributed by atoms with E-state index in [0.717, 1.165) is 22.0 Å². The molecule has 0 spiro atoms. The van der Waals surface area contributed by atoms with Crippen LogP contribution in [0.25, 0.3) is 0 Å². The summed E-state index contributed by atoms with van der Waals surface area (Å²) in [6.45, 7) is 0.842. The SMILES string of the molecule is O=C(CC[C@H]1CN(c2cc(F)c(N3CCNN(C(=O)NCc4nccs4)CC3)c(F)c2)C(=O)O1)C(F)F. The van der Waals surface area contributed by atoms with Crippen LogP contribution in [0.15, 0.2) is 23.7 Å². The monoisotopic (exact) mass is 544 g/mol. The maximum Gasteiger partial charge on any atom is 0.414 e. The number of cyclic esters (lactones) is 1. The average Bonchev–Trinajstić information content (AvgIpc) is 3.44. The molecule has 15 heteroatoms. The highest BCUT2D eigenvalue weighted by Crippen LogP contribution is 2.32. The van der Waals surface area contributed by atoms with Crippen molar-refractivity contribution >= 4 is 40.6 Å². The smallest absolute Gasteiger partial charge is 0.414 e. The molecule has 0 saturated carbocycles. The summed E-state index contributed by atoms with van der Waals surface area (Å²) in [7, 11) is 0. The van der Waals surface area contributed by atoms with Gasteiger partial charge in [-0.3, -0.25) is 14.7 Å². The molecule has 2 fully saturated rings. The minimum atomic E-state index is -3.11. The zero-order valence-corrected chi connectivity index (χ0v) is 20.3. The number of amides is 3. The number of Topliss-reactive ketones (excluding diaryl/α,β-unsaturated/α-hetero) is 1. The normalized spacial score (nSPS) is 18.2. The molecule has 2 aromatic rings. The van der Waals surface area contributed by atoms with Crippen molar-refractivity contribution in [2.24, 2.45) is 0 Å². The van der Waals surface area contributed by atoms with Gasteiger partial charge < -0.3 is 15.0 Å². The van der Waals surface area contributed by atoms with Gasteiger partial charge in [0.1, 0.15) is 16.8 Å². The Labute approximate surface area is 213 Å². The van der Waals surface area contributed by atoms with Gasteiger partial charge in [0.05, 0.1) is 25.3 Å². The van der Waals surface area contributed by atoms with E-state index in [4.69, 9.17) is 4.74 Å². The molecule has 0 bridgehead atoms. The van der Waals surface area contributed by atoms with Crippen molar-refractivity contribution in [1.29, 1.82) is 0 Å². The van der Waals surface area contributed by atoms with E-state index in [1.54, 1.807) is 11.6 Å². The molecule has 0 unspecified atom stereocenters. The van der Waals surface area contributed by atoms with Crippen LogP contribution >= 0.6 is 11.3 Å². The predicted octanol–water partition coefficient (Wildman–Crippen LogP) is 2.90. The summed E-state index contributed by atoms with van der Waals surface area (Å²) in [6, 6.07) is 1.58. The van der Waals surface area contributed by atoms with E-state index in [2.05, 4.69) is 15.7 Å². The highest BCUT2D eigenvalue weighted by molar-refractivity contribution is 7.09. The molecule has 10 nitrogen and oxygen atoms in total. The van der Waals surface area contributed by atoms with Crippen LogP contribution in [-0.2, 0) is 16.1 Å². The number of alkyl halides is 2. The van der Waals surface area contributed by atoms with Crippen LogP contribution in [0, 0.1) is 11.6 Å². The minimum absolute atomic E-state index is 0.0948. The number of carbonyl (C=O) groups excluding carboxylic acids is 3. The quantitative estimate of drug-likeness (QED) is 0.493. The standard InChI is InChI=1S/C22H24F4N6O4S/c23-15-9-13(31-12-14(36-22(31)35)1-2-17(33)20(25)26)10-16(24)19(15)30-5-3-29-32(7-6-30)21(34)28-11-18-27-4-8-37-18/h4,8-10,14,20,29H,1-3,5-7,11-12H2,(H,28,34)/t14-/m0/s1. The van der Waals surface area contributed by atoms with Crippen molar-refractivity contribution in [2.45, 2.75) is 31.9 Å². The Hall–Kier alpha value is -3.46. The molecule has 2 aliphatic heterocycles.